The third-order valence-corrected chi connectivity index (χ3v) is 3.56. The van der Waals surface area contributed by atoms with E-state index in [4.69, 9.17) is 21.1 Å². The van der Waals surface area contributed by atoms with Crippen LogP contribution in [0.3, 0.4) is 0 Å². The molecule has 0 aliphatic heterocycles. The number of amides is 1. The lowest BCUT2D eigenvalue weighted by Crippen LogP contribution is -2.30. The lowest BCUT2D eigenvalue weighted by Gasteiger charge is -2.18. The number of aryl methyl sites for hydroxylation is 2. The van der Waals surface area contributed by atoms with E-state index in [0.717, 1.165) is 0 Å². The van der Waals surface area contributed by atoms with Gasteiger partial charge in [0, 0.05) is 10.6 Å². The molecule has 22 heavy (non-hydrogen) atoms. The molecule has 0 aliphatic carbocycles. The monoisotopic (exact) mass is 321 g/mol. The van der Waals surface area contributed by atoms with Crippen LogP contribution in [-0.2, 0) is 4.79 Å². The van der Waals surface area contributed by atoms with E-state index >= 15 is 0 Å². The van der Waals surface area contributed by atoms with E-state index in [1.54, 1.807) is 44.2 Å². The molecule has 0 unspecified atom stereocenters. The van der Waals surface area contributed by atoms with Crippen LogP contribution in [0, 0.1) is 13.8 Å². The highest BCUT2D eigenvalue weighted by atomic mass is 35.5. The smallest absolute Gasteiger partial charge is 0.305 e. The molecule has 0 saturated heterocycles. The van der Waals surface area contributed by atoms with E-state index < -0.39 is 17.9 Å². The number of aliphatic carboxylic acids is 1. The van der Waals surface area contributed by atoms with Crippen molar-refractivity contribution in [3.8, 4) is 0 Å². The van der Waals surface area contributed by atoms with E-state index in [1.807, 2.05) is 0 Å². The van der Waals surface area contributed by atoms with Crippen molar-refractivity contribution in [1.82, 2.24) is 5.32 Å². The maximum Gasteiger partial charge on any atom is 0.305 e. The fraction of sp³-hybridized carbons (Fsp3) is 0.250. The van der Waals surface area contributed by atoms with Gasteiger partial charge in [-0.1, -0.05) is 29.8 Å². The Labute approximate surface area is 132 Å². The number of hydrogen-bond donors (Lipinski definition) is 2. The van der Waals surface area contributed by atoms with Crippen LogP contribution in [0.25, 0.3) is 0 Å². The zero-order valence-electron chi connectivity index (χ0n) is 12.2. The van der Waals surface area contributed by atoms with Gasteiger partial charge in [-0.05, 0) is 31.5 Å². The molecule has 1 aromatic heterocycles. The molecular weight excluding hydrogens is 306 g/mol. The summed E-state index contributed by atoms with van der Waals surface area (Å²) in [6.45, 7) is 3.50. The molecule has 2 rings (SSSR count). The third kappa shape index (κ3) is 3.68. The van der Waals surface area contributed by atoms with Crippen LogP contribution < -0.4 is 5.32 Å². The number of rotatable bonds is 5. The molecular formula is C16H16ClNO4. The fourth-order valence-corrected chi connectivity index (χ4v) is 2.53. The summed E-state index contributed by atoms with van der Waals surface area (Å²) < 4.78 is 5.36. The summed E-state index contributed by atoms with van der Waals surface area (Å²) in [5.41, 5.74) is 1.25. The van der Waals surface area contributed by atoms with Gasteiger partial charge in [0.15, 0.2) is 5.76 Å². The lowest BCUT2D eigenvalue weighted by atomic mass is 10.0. The van der Waals surface area contributed by atoms with Crippen molar-refractivity contribution in [1.29, 1.82) is 0 Å². The highest BCUT2D eigenvalue weighted by Gasteiger charge is 2.23. The van der Waals surface area contributed by atoms with Crippen molar-refractivity contribution in [2.24, 2.45) is 0 Å². The zero-order chi connectivity index (χ0) is 16.3. The van der Waals surface area contributed by atoms with Crippen molar-refractivity contribution in [3.05, 3.63) is 58.0 Å². The average Bonchev–Trinajstić information content (AvgIpc) is 2.77. The normalized spacial score (nSPS) is 12.0. The van der Waals surface area contributed by atoms with Gasteiger partial charge in [-0.15, -0.1) is 0 Å². The highest BCUT2D eigenvalue weighted by molar-refractivity contribution is 6.31. The number of halogens is 1. The van der Waals surface area contributed by atoms with Crippen LogP contribution >= 0.6 is 11.6 Å². The Morgan fingerprint density at radius 1 is 1.32 bits per heavy atom. The summed E-state index contributed by atoms with van der Waals surface area (Å²) >= 11 is 6.10. The zero-order valence-corrected chi connectivity index (χ0v) is 13.0. The van der Waals surface area contributed by atoms with E-state index in [-0.39, 0.29) is 12.2 Å². The van der Waals surface area contributed by atoms with Gasteiger partial charge in [0.1, 0.15) is 5.76 Å². The third-order valence-electron chi connectivity index (χ3n) is 3.21. The van der Waals surface area contributed by atoms with Gasteiger partial charge in [0.2, 0.25) is 0 Å². The molecule has 0 fully saturated rings. The van der Waals surface area contributed by atoms with Crippen molar-refractivity contribution >= 4 is 23.5 Å². The van der Waals surface area contributed by atoms with Crippen LogP contribution in [0.2, 0.25) is 5.02 Å². The summed E-state index contributed by atoms with van der Waals surface area (Å²) in [7, 11) is 0. The minimum absolute atomic E-state index is 0.181. The van der Waals surface area contributed by atoms with Crippen LogP contribution in [0.5, 0.6) is 0 Å². The van der Waals surface area contributed by atoms with Crippen LogP contribution in [0.1, 0.15) is 39.9 Å². The number of nitrogens with one attached hydrogen (secondary N) is 1. The maximum atomic E-state index is 12.3. The van der Waals surface area contributed by atoms with Crippen LogP contribution in [0.4, 0.5) is 0 Å². The minimum Gasteiger partial charge on any atom is -0.481 e. The summed E-state index contributed by atoms with van der Waals surface area (Å²) in [6.07, 6.45) is -0.270. The van der Waals surface area contributed by atoms with Crippen molar-refractivity contribution < 1.29 is 19.1 Å². The quantitative estimate of drug-likeness (QED) is 0.883. The maximum absolute atomic E-state index is 12.3. The number of hydrogen-bond acceptors (Lipinski definition) is 3. The molecule has 5 nitrogen and oxygen atoms in total. The fourth-order valence-electron chi connectivity index (χ4n) is 2.26. The van der Waals surface area contributed by atoms with Gasteiger partial charge in [-0.2, -0.15) is 0 Å². The second kappa shape index (κ2) is 6.66. The predicted octanol–water partition coefficient (Wildman–Crippen LogP) is 3.50. The Hall–Kier alpha value is -2.27. The number of carboxylic acids is 1. The van der Waals surface area contributed by atoms with Gasteiger partial charge in [0.05, 0.1) is 12.5 Å². The molecule has 1 heterocycles. The summed E-state index contributed by atoms with van der Waals surface area (Å²) in [4.78, 5) is 23.4. The SMILES string of the molecule is Cc1cc(C)c(C(=O)N[C@@H](CC(=O)O)c2ccccc2Cl)o1. The molecule has 2 aromatic rings. The summed E-state index contributed by atoms with van der Waals surface area (Å²) in [5, 5.41) is 12.1. The van der Waals surface area contributed by atoms with E-state index in [9.17, 15) is 9.59 Å². The average molecular weight is 322 g/mol. The Morgan fingerprint density at radius 2 is 2.00 bits per heavy atom. The van der Waals surface area contributed by atoms with Crippen molar-refractivity contribution in [2.75, 3.05) is 0 Å². The summed E-state index contributed by atoms with van der Waals surface area (Å²) in [6, 6.07) is 7.84. The summed E-state index contributed by atoms with van der Waals surface area (Å²) in [5.74, 6) is -0.690. The highest BCUT2D eigenvalue weighted by Crippen LogP contribution is 2.26. The van der Waals surface area contributed by atoms with Gasteiger partial charge < -0.3 is 14.8 Å². The van der Waals surface area contributed by atoms with E-state index in [0.29, 0.717) is 21.9 Å². The second-order valence-electron chi connectivity index (χ2n) is 5.01. The molecule has 6 heteroatoms. The molecule has 0 radical (unpaired) electrons. The second-order valence-corrected chi connectivity index (χ2v) is 5.42. The first-order valence-corrected chi connectivity index (χ1v) is 7.10. The predicted molar refractivity (Wildman–Crippen MR) is 82.1 cm³/mol. The standard InChI is InChI=1S/C16H16ClNO4/c1-9-7-10(2)22-15(9)16(21)18-13(8-14(19)20)11-5-3-4-6-12(11)17/h3-7,13H,8H2,1-2H3,(H,18,21)(H,19,20)/t13-/m0/s1. The van der Waals surface area contributed by atoms with Gasteiger partial charge in [-0.25, -0.2) is 0 Å². The van der Waals surface area contributed by atoms with Gasteiger partial charge in [0.25, 0.3) is 5.91 Å². The Kier molecular flexibility index (Phi) is 4.88. The van der Waals surface area contributed by atoms with E-state index in [1.165, 1.54) is 0 Å². The molecule has 2 N–H and O–H groups in total. The first-order chi connectivity index (χ1) is 10.4. The molecule has 1 amide bonds. The molecule has 1 atom stereocenters. The largest absolute Gasteiger partial charge is 0.481 e. The molecule has 0 bridgehead atoms. The number of furan rings is 1. The number of carbonyl (C=O) groups excluding carboxylic acids is 1. The first-order valence-electron chi connectivity index (χ1n) is 6.72. The lowest BCUT2D eigenvalue weighted by molar-refractivity contribution is -0.137. The molecule has 0 aliphatic rings. The Morgan fingerprint density at radius 3 is 2.55 bits per heavy atom. The van der Waals surface area contributed by atoms with Crippen LogP contribution in [-0.4, -0.2) is 17.0 Å². The first kappa shape index (κ1) is 16.1. The minimum atomic E-state index is -1.03. The topological polar surface area (TPSA) is 79.5 Å². The van der Waals surface area contributed by atoms with E-state index in [2.05, 4.69) is 5.32 Å². The number of carboxylic acid groups (broad SMARTS) is 1. The van der Waals surface area contributed by atoms with Crippen molar-refractivity contribution in [2.45, 2.75) is 26.3 Å². The Balaban J connectivity index is 2.27. The molecule has 0 saturated carbocycles. The molecule has 1 aromatic carbocycles. The number of carbonyl (C=O) groups is 2. The van der Waals surface area contributed by atoms with Gasteiger partial charge >= 0.3 is 5.97 Å². The van der Waals surface area contributed by atoms with Gasteiger partial charge in [-0.3, -0.25) is 9.59 Å². The van der Waals surface area contributed by atoms with Crippen molar-refractivity contribution in [3.63, 3.8) is 0 Å². The molecule has 0 spiro atoms. The Bertz CT molecular complexity index is 708. The van der Waals surface area contributed by atoms with Crippen LogP contribution in [0.15, 0.2) is 34.7 Å². The molecule has 116 valence electrons. The number of benzene rings is 1.